The minimum Gasteiger partial charge on any atom is -0.389 e. The molecule has 1 unspecified atom stereocenters. The first-order valence-corrected chi connectivity index (χ1v) is 7.96. The van der Waals surface area contributed by atoms with Gasteiger partial charge in [0.05, 0.1) is 0 Å². The zero-order chi connectivity index (χ0) is 12.3. The number of rotatable bonds is 3. The summed E-state index contributed by atoms with van der Waals surface area (Å²) < 4.78 is 1.03. The lowest BCUT2D eigenvalue weighted by atomic mass is 10.1. The Balaban J connectivity index is 2.08. The standard InChI is InChI=1S/C12H15BrN2S2/c13-10-6-8(12(14)16)3-4-11(10)15-9-2-1-5-17-7-9/h3-4,6,9,15H,1-2,5,7H2,(H2,14,16). The van der Waals surface area contributed by atoms with Crippen LogP contribution < -0.4 is 11.1 Å². The lowest BCUT2D eigenvalue weighted by Gasteiger charge is -2.24. The highest BCUT2D eigenvalue weighted by Crippen LogP contribution is 2.27. The number of thioether (sulfide) groups is 1. The molecule has 0 saturated carbocycles. The van der Waals surface area contributed by atoms with Gasteiger partial charge in [-0.1, -0.05) is 12.2 Å². The first kappa shape index (κ1) is 13.2. The van der Waals surface area contributed by atoms with Crippen LogP contribution in [0.15, 0.2) is 22.7 Å². The van der Waals surface area contributed by atoms with Crippen LogP contribution in [0.2, 0.25) is 0 Å². The number of hydrogen-bond acceptors (Lipinski definition) is 3. The molecule has 1 saturated heterocycles. The predicted molar refractivity (Wildman–Crippen MR) is 84.0 cm³/mol. The molecule has 5 heteroatoms. The van der Waals surface area contributed by atoms with Crippen LogP contribution in [0.5, 0.6) is 0 Å². The molecule has 1 heterocycles. The van der Waals surface area contributed by atoms with Gasteiger partial charge in [0.25, 0.3) is 0 Å². The molecule has 0 aromatic heterocycles. The summed E-state index contributed by atoms with van der Waals surface area (Å²) >= 11 is 10.5. The molecule has 2 rings (SSSR count). The maximum absolute atomic E-state index is 5.60. The fourth-order valence-corrected chi connectivity index (χ4v) is 3.55. The van der Waals surface area contributed by atoms with Crippen molar-refractivity contribution in [3.8, 4) is 0 Å². The van der Waals surface area contributed by atoms with E-state index in [0.29, 0.717) is 11.0 Å². The number of benzene rings is 1. The van der Waals surface area contributed by atoms with Crippen LogP contribution in [0.1, 0.15) is 18.4 Å². The highest BCUT2D eigenvalue weighted by Gasteiger charge is 2.14. The average molecular weight is 331 g/mol. The highest BCUT2D eigenvalue weighted by atomic mass is 79.9. The molecule has 0 aliphatic carbocycles. The third-order valence-electron chi connectivity index (χ3n) is 2.77. The Bertz CT molecular complexity index is 417. The number of thiocarbonyl (C=S) groups is 1. The normalized spacial score (nSPS) is 19.9. The van der Waals surface area contributed by atoms with Gasteiger partial charge in [0.1, 0.15) is 4.99 Å². The van der Waals surface area contributed by atoms with Crippen LogP contribution >= 0.6 is 39.9 Å². The summed E-state index contributed by atoms with van der Waals surface area (Å²) in [6.07, 6.45) is 2.54. The third kappa shape index (κ3) is 3.60. The van der Waals surface area contributed by atoms with E-state index in [9.17, 15) is 0 Å². The molecule has 1 fully saturated rings. The molecule has 17 heavy (non-hydrogen) atoms. The number of nitrogens with one attached hydrogen (secondary N) is 1. The van der Waals surface area contributed by atoms with Crippen LogP contribution in [0.4, 0.5) is 5.69 Å². The van der Waals surface area contributed by atoms with Crippen LogP contribution in [0.3, 0.4) is 0 Å². The lowest BCUT2D eigenvalue weighted by Crippen LogP contribution is -2.25. The van der Waals surface area contributed by atoms with Crippen molar-refractivity contribution in [2.45, 2.75) is 18.9 Å². The molecule has 3 N–H and O–H groups in total. The Morgan fingerprint density at radius 1 is 1.53 bits per heavy atom. The van der Waals surface area contributed by atoms with Crippen molar-refractivity contribution in [3.05, 3.63) is 28.2 Å². The molecular weight excluding hydrogens is 316 g/mol. The Hall–Kier alpha value is -0.260. The second-order valence-electron chi connectivity index (χ2n) is 4.12. The van der Waals surface area contributed by atoms with E-state index in [4.69, 9.17) is 18.0 Å². The predicted octanol–water partition coefficient (Wildman–Crippen LogP) is 3.39. The van der Waals surface area contributed by atoms with Crippen molar-refractivity contribution in [1.29, 1.82) is 0 Å². The lowest BCUT2D eigenvalue weighted by molar-refractivity contribution is 0.685. The molecule has 1 atom stereocenters. The molecule has 1 aliphatic rings. The monoisotopic (exact) mass is 330 g/mol. The van der Waals surface area contributed by atoms with Gasteiger partial charge in [-0.05, 0) is 52.7 Å². The van der Waals surface area contributed by atoms with Gasteiger partial charge in [-0.2, -0.15) is 11.8 Å². The first-order valence-electron chi connectivity index (χ1n) is 5.60. The molecule has 1 aromatic rings. The minimum absolute atomic E-state index is 0.436. The Morgan fingerprint density at radius 3 is 2.94 bits per heavy atom. The van der Waals surface area contributed by atoms with E-state index in [-0.39, 0.29) is 0 Å². The van der Waals surface area contributed by atoms with Gasteiger partial charge in [0, 0.05) is 27.5 Å². The van der Waals surface area contributed by atoms with Crippen molar-refractivity contribution in [2.24, 2.45) is 5.73 Å². The quantitative estimate of drug-likeness (QED) is 0.833. The van der Waals surface area contributed by atoms with E-state index in [1.807, 2.05) is 30.0 Å². The van der Waals surface area contributed by atoms with Crippen molar-refractivity contribution in [3.63, 3.8) is 0 Å². The largest absolute Gasteiger partial charge is 0.389 e. The number of nitrogens with two attached hydrogens (primary N) is 1. The molecule has 0 radical (unpaired) electrons. The Kier molecular flexibility index (Phi) is 4.70. The van der Waals surface area contributed by atoms with Crippen molar-refractivity contribution in [1.82, 2.24) is 0 Å². The summed E-state index contributed by atoms with van der Waals surface area (Å²) in [5.74, 6) is 2.48. The summed E-state index contributed by atoms with van der Waals surface area (Å²) in [5.41, 5.74) is 7.63. The Morgan fingerprint density at radius 2 is 2.35 bits per heavy atom. The van der Waals surface area contributed by atoms with E-state index in [1.54, 1.807) is 0 Å². The summed E-state index contributed by atoms with van der Waals surface area (Å²) in [7, 11) is 0. The average Bonchev–Trinajstić information content (AvgIpc) is 2.33. The Labute approximate surface area is 120 Å². The topological polar surface area (TPSA) is 38.0 Å². The highest BCUT2D eigenvalue weighted by molar-refractivity contribution is 9.10. The zero-order valence-electron chi connectivity index (χ0n) is 9.41. The third-order valence-corrected chi connectivity index (χ3v) is 4.88. The van der Waals surface area contributed by atoms with E-state index in [0.717, 1.165) is 15.7 Å². The van der Waals surface area contributed by atoms with E-state index in [1.165, 1.54) is 24.3 Å². The fraction of sp³-hybridized carbons (Fsp3) is 0.417. The van der Waals surface area contributed by atoms with Crippen LogP contribution in [0.25, 0.3) is 0 Å². The van der Waals surface area contributed by atoms with Gasteiger partial charge in [-0.3, -0.25) is 0 Å². The van der Waals surface area contributed by atoms with Crippen LogP contribution in [-0.4, -0.2) is 22.5 Å². The van der Waals surface area contributed by atoms with Gasteiger partial charge < -0.3 is 11.1 Å². The minimum atomic E-state index is 0.436. The maximum Gasteiger partial charge on any atom is 0.104 e. The molecule has 2 nitrogen and oxygen atoms in total. The van der Waals surface area contributed by atoms with Crippen LogP contribution in [0, 0.1) is 0 Å². The van der Waals surface area contributed by atoms with Gasteiger partial charge in [-0.15, -0.1) is 0 Å². The van der Waals surface area contributed by atoms with Crippen molar-refractivity contribution >= 4 is 50.6 Å². The second-order valence-corrected chi connectivity index (χ2v) is 6.56. The molecule has 0 spiro atoms. The fourth-order valence-electron chi connectivity index (χ4n) is 1.86. The maximum atomic E-state index is 5.60. The summed E-state index contributed by atoms with van der Waals surface area (Å²) in [4.78, 5) is 0.436. The van der Waals surface area contributed by atoms with Gasteiger partial charge >= 0.3 is 0 Å². The molecule has 0 bridgehead atoms. The second kappa shape index (κ2) is 6.07. The molecule has 0 amide bonds. The smallest absolute Gasteiger partial charge is 0.104 e. The molecule has 92 valence electrons. The van der Waals surface area contributed by atoms with Crippen LogP contribution in [-0.2, 0) is 0 Å². The molecular formula is C12H15BrN2S2. The van der Waals surface area contributed by atoms with Gasteiger partial charge in [0.15, 0.2) is 0 Å². The van der Waals surface area contributed by atoms with Gasteiger partial charge in [-0.25, -0.2) is 0 Å². The van der Waals surface area contributed by atoms with E-state index in [2.05, 4.69) is 21.2 Å². The molecule has 1 aliphatic heterocycles. The SMILES string of the molecule is NC(=S)c1ccc(NC2CCCSC2)c(Br)c1. The van der Waals surface area contributed by atoms with Crippen molar-refractivity contribution < 1.29 is 0 Å². The zero-order valence-corrected chi connectivity index (χ0v) is 12.6. The summed E-state index contributed by atoms with van der Waals surface area (Å²) in [6, 6.07) is 6.55. The molecule has 1 aromatic carbocycles. The number of anilines is 1. The van der Waals surface area contributed by atoms with Gasteiger partial charge in [0.2, 0.25) is 0 Å². The number of halogens is 1. The number of hydrogen-bond donors (Lipinski definition) is 2. The first-order chi connectivity index (χ1) is 8.16. The summed E-state index contributed by atoms with van der Waals surface area (Å²) in [6.45, 7) is 0. The summed E-state index contributed by atoms with van der Waals surface area (Å²) in [5, 5.41) is 3.56. The van der Waals surface area contributed by atoms with E-state index >= 15 is 0 Å². The van der Waals surface area contributed by atoms with E-state index < -0.39 is 0 Å². The van der Waals surface area contributed by atoms with Crippen molar-refractivity contribution in [2.75, 3.05) is 16.8 Å².